The lowest BCUT2D eigenvalue weighted by atomic mass is 9.98. The highest BCUT2D eigenvalue weighted by Gasteiger charge is 2.30. The van der Waals surface area contributed by atoms with Gasteiger partial charge in [0.15, 0.2) is 0 Å². The van der Waals surface area contributed by atoms with Gasteiger partial charge in [-0.15, -0.1) is 0 Å². The summed E-state index contributed by atoms with van der Waals surface area (Å²) in [4.78, 5) is 25.9. The summed E-state index contributed by atoms with van der Waals surface area (Å²) in [6.07, 6.45) is 9.70. The normalized spacial score (nSPS) is 15.4. The standard InChI is InChI=1S/C21H30N2O2/c1-3-4-5-6-7-11-14-19(18-15-20(24)22-21(18)25)23(2)16-17-12-9-8-10-13-17/h8-10,12-13,15,19H,3-7,11,14,16H2,1-2H3,(H,22,24,25). The quantitative estimate of drug-likeness (QED) is 0.491. The minimum Gasteiger partial charge on any atom is -0.295 e. The van der Waals surface area contributed by atoms with Gasteiger partial charge in [-0.3, -0.25) is 19.8 Å². The number of likely N-dealkylation sites (N-methyl/N-ethyl adjacent to an activating group) is 1. The van der Waals surface area contributed by atoms with Gasteiger partial charge in [0.1, 0.15) is 0 Å². The van der Waals surface area contributed by atoms with Gasteiger partial charge in [0.25, 0.3) is 11.8 Å². The Morgan fingerprint density at radius 2 is 1.68 bits per heavy atom. The van der Waals surface area contributed by atoms with Crippen LogP contribution in [0.5, 0.6) is 0 Å². The fourth-order valence-corrected chi connectivity index (χ4v) is 3.39. The molecule has 0 bridgehead atoms. The molecule has 1 aromatic rings. The van der Waals surface area contributed by atoms with Crippen molar-refractivity contribution in [3.63, 3.8) is 0 Å². The van der Waals surface area contributed by atoms with Crippen LogP contribution in [0.2, 0.25) is 0 Å². The number of imide groups is 1. The highest BCUT2D eigenvalue weighted by molar-refractivity contribution is 6.16. The summed E-state index contributed by atoms with van der Waals surface area (Å²) in [6.45, 7) is 2.98. The Bertz CT molecular complexity index is 595. The number of amides is 2. The first kappa shape index (κ1) is 19.4. The average Bonchev–Trinajstić information content (AvgIpc) is 2.93. The van der Waals surface area contributed by atoms with Crippen LogP contribution in [0.4, 0.5) is 0 Å². The van der Waals surface area contributed by atoms with Crippen molar-refractivity contribution in [1.82, 2.24) is 10.2 Å². The van der Waals surface area contributed by atoms with Crippen LogP contribution in [0.3, 0.4) is 0 Å². The van der Waals surface area contributed by atoms with Crippen LogP contribution < -0.4 is 5.32 Å². The van der Waals surface area contributed by atoms with E-state index in [1.165, 1.54) is 43.7 Å². The summed E-state index contributed by atoms with van der Waals surface area (Å²) in [7, 11) is 2.03. The van der Waals surface area contributed by atoms with E-state index in [-0.39, 0.29) is 17.9 Å². The van der Waals surface area contributed by atoms with E-state index in [0.717, 1.165) is 19.4 Å². The van der Waals surface area contributed by atoms with Gasteiger partial charge in [-0.25, -0.2) is 0 Å². The highest BCUT2D eigenvalue weighted by atomic mass is 16.2. The van der Waals surface area contributed by atoms with Gasteiger partial charge in [-0.05, 0) is 19.0 Å². The number of carbonyl (C=O) groups is 2. The predicted molar refractivity (Wildman–Crippen MR) is 101 cm³/mol. The summed E-state index contributed by atoms with van der Waals surface area (Å²) < 4.78 is 0. The smallest absolute Gasteiger partial charge is 0.255 e. The monoisotopic (exact) mass is 342 g/mol. The molecular formula is C21H30N2O2. The van der Waals surface area contributed by atoms with Gasteiger partial charge < -0.3 is 0 Å². The van der Waals surface area contributed by atoms with Crippen LogP contribution in [-0.4, -0.2) is 29.8 Å². The molecule has 1 N–H and O–H groups in total. The van der Waals surface area contributed by atoms with Gasteiger partial charge in [-0.1, -0.05) is 75.8 Å². The number of hydrogen-bond acceptors (Lipinski definition) is 3. The Morgan fingerprint density at radius 1 is 1.00 bits per heavy atom. The van der Waals surface area contributed by atoms with Crippen molar-refractivity contribution in [3.05, 3.63) is 47.5 Å². The molecule has 136 valence electrons. The fraction of sp³-hybridized carbons (Fsp3) is 0.524. The van der Waals surface area contributed by atoms with Gasteiger partial charge in [0.05, 0.1) is 0 Å². The molecule has 1 unspecified atom stereocenters. The van der Waals surface area contributed by atoms with E-state index in [9.17, 15) is 9.59 Å². The Labute approximate surface area is 151 Å². The van der Waals surface area contributed by atoms with Gasteiger partial charge in [0, 0.05) is 24.2 Å². The molecule has 1 atom stereocenters. The van der Waals surface area contributed by atoms with Crippen LogP contribution in [0.25, 0.3) is 0 Å². The lowest BCUT2D eigenvalue weighted by molar-refractivity contribution is -0.124. The topological polar surface area (TPSA) is 49.4 Å². The molecule has 0 spiro atoms. The minimum atomic E-state index is -0.291. The third-order valence-corrected chi connectivity index (χ3v) is 4.78. The van der Waals surface area contributed by atoms with E-state index < -0.39 is 0 Å². The molecule has 0 saturated carbocycles. The third-order valence-electron chi connectivity index (χ3n) is 4.78. The highest BCUT2D eigenvalue weighted by Crippen LogP contribution is 2.22. The maximum absolute atomic E-state index is 12.1. The maximum Gasteiger partial charge on any atom is 0.255 e. The summed E-state index contributed by atoms with van der Waals surface area (Å²) in [5.41, 5.74) is 1.82. The lowest BCUT2D eigenvalue weighted by Crippen LogP contribution is -2.36. The van der Waals surface area contributed by atoms with E-state index in [4.69, 9.17) is 0 Å². The molecule has 0 aliphatic carbocycles. The molecule has 1 aromatic carbocycles. The molecular weight excluding hydrogens is 312 g/mol. The number of benzene rings is 1. The van der Waals surface area contributed by atoms with Crippen LogP contribution >= 0.6 is 0 Å². The minimum absolute atomic E-state index is 0.0159. The first-order chi connectivity index (χ1) is 12.1. The SMILES string of the molecule is CCCCCCCCC(C1=CC(=O)NC1=O)N(C)Cc1ccccc1. The van der Waals surface area contributed by atoms with Crippen LogP contribution in [-0.2, 0) is 16.1 Å². The number of nitrogens with one attached hydrogen (secondary N) is 1. The van der Waals surface area contributed by atoms with Crippen LogP contribution in [0.1, 0.15) is 57.4 Å². The number of carbonyl (C=O) groups excluding carboxylic acids is 2. The fourth-order valence-electron chi connectivity index (χ4n) is 3.39. The van der Waals surface area contributed by atoms with Crippen molar-refractivity contribution in [2.45, 2.75) is 64.5 Å². The number of hydrogen-bond donors (Lipinski definition) is 1. The van der Waals surface area contributed by atoms with Gasteiger partial charge >= 0.3 is 0 Å². The zero-order valence-corrected chi connectivity index (χ0v) is 15.5. The van der Waals surface area contributed by atoms with E-state index >= 15 is 0 Å². The Balaban J connectivity index is 1.97. The van der Waals surface area contributed by atoms with Crippen molar-refractivity contribution in [2.24, 2.45) is 0 Å². The summed E-state index contributed by atoms with van der Waals surface area (Å²) in [6, 6.07) is 10.2. The number of unbranched alkanes of at least 4 members (excludes halogenated alkanes) is 5. The van der Waals surface area contributed by atoms with Crippen molar-refractivity contribution in [2.75, 3.05) is 7.05 Å². The zero-order valence-electron chi connectivity index (χ0n) is 15.5. The molecule has 2 amide bonds. The van der Waals surface area contributed by atoms with Crippen molar-refractivity contribution in [1.29, 1.82) is 0 Å². The first-order valence-corrected chi connectivity index (χ1v) is 9.43. The van der Waals surface area contributed by atoms with Crippen LogP contribution in [0.15, 0.2) is 42.0 Å². The average molecular weight is 342 g/mol. The maximum atomic E-state index is 12.1. The summed E-state index contributed by atoms with van der Waals surface area (Å²) in [5, 5.41) is 2.39. The molecule has 0 aromatic heterocycles. The summed E-state index contributed by atoms with van der Waals surface area (Å²) >= 11 is 0. The Kier molecular flexibility index (Phi) is 7.86. The molecule has 4 heteroatoms. The third kappa shape index (κ3) is 6.13. The van der Waals surface area contributed by atoms with Crippen molar-refractivity contribution >= 4 is 11.8 Å². The molecule has 0 saturated heterocycles. The second kappa shape index (κ2) is 10.1. The second-order valence-electron chi connectivity index (χ2n) is 6.89. The van der Waals surface area contributed by atoms with E-state index in [1.54, 1.807) is 0 Å². The van der Waals surface area contributed by atoms with E-state index in [1.807, 2.05) is 25.2 Å². The van der Waals surface area contributed by atoms with Gasteiger partial charge in [-0.2, -0.15) is 0 Å². The lowest BCUT2D eigenvalue weighted by Gasteiger charge is -2.28. The molecule has 0 fully saturated rings. The number of nitrogens with zero attached hydrogens (tertiary/aromatic N) is 1. The van der Waals surface area contributed by atoms with Crippen molar-refractivity contribution < 1.29 is 9.59 Å². The molecule has 25 heavy (non-hydrogen) atoms. The first-order valence-electron chi connectivity index (χ1n) is 9.43. The Hall–Kier alpha value is -1.94. The summed E-state index contributed by atoms with van der Waals surface area (Å²) in [5.74, 6) is -0.526. The largest absolute Gasteiger partial charge is 0.295 e. The molecule has 1 aliphatic rings. The second-order valence-corrected chi connectivity index (χ2v) is 6.89. The molecule has 1 heterocycles. The van der Waals surface area contributed by atoms with E-state index in [2.05, 4.69) is 29.3 Å². The molecule has 0 radical (unpaired) electrons. The van der Waals surface area contributed by atoms with E-state index in [0.29, 0.717) is 5.57 Å². The Morgan fingerprint density at radius 3 is 2.32 bits per heavy atom. The number of rotatable bonds is 11. The predicted octanol–water partition coefficient (Wildman–Crippen LogP) is 3.82. The zero-order chi connectivity index (χ0) is 18.1. The van der Waals surface area contributed by atoms with Crippen molar-refractivity contribution in [3.8, 4) is 0 Å². The van der Waals surface area contributed by atoms with Crippen LogP contribution in [0, 0.1) is 0 Å². The molecule has 4 nitrogen and oxygen atoms in total. The molecule has 2 rings (SSSR count). The van der Waals surface area contributed by atoms with Gasteiger partial charge in [0.2, 0.25) is 0 Å². The molecule has 1 aliphatic heterocycles.